The summed E-state index contributed by atoms with van der Waals surface area (Å²) in [6.45, 7) is 0.526. The van der Waals surface area contributed by atoms with Crippen LogP contribution in [0.2, 0.25) is 0 Å². The Labute approximate surface area is 170 Å². The molecule has 2 amide bonds. The first-order valence-electron chi connectivity index (χ1n) is 8.81. The molecule has 8 nitrogen and oxygen atoms in total. The van der Waals surface area contributed by atoms with E-state index in [1.165, 1.54) is 26.2 Å². The lowest BCUT2D eigenvalue weighted by atomic mass is 10.2. The second-order valence-corrected chi connectivity index (χ2v) is 6.37. The number of nitrogens with one attached hydrogen (secondary N) is 1. The number of urea groups is 1. The summed E-state index contributed by atoms with van der Waals surface area (Å²) >= 11 is 0. The molecule has 0 aliphatic carbocycles. The average Bonchev–Trinajstić information content (AvgIpc) is 2.69. The minimum absolute atomic E-state index is 0.0673. The number of anilines is 1. The van der Waals surface area contributed by atoms with Gasteiger partial charge in [-0.1, -0.05) is 0 Å². The van der Waals surface area contributed by atoms with E-state index in [9.17, 15) is 18.0 Å². The summed E-state index contributed by atoms with van der Waals surface area (Å²) in [5.41, 5.74) is -0.405. The number of rotatable bonds is 6. The van der Waals surface area contributed by atoms with Crippen molar-refractivity contribution in [2.45, 2.75) is 12.3 Å². The van der Waals surface area contributed by atoms with Crippen molar-refractivity contribution in [3.63, 3.8) is 0 Å². The summed E-state index contributed by atoms with van der Waals surface area (Å²) in [6.07, 6.45) is -4.10. The number of amides is 2. The Morgan fingerprint density at radius 2 is 1.73 bits per heavy atom. The summed E-state index contributed by atoms with van der Waals surface area (Å²) < 4.78 is 58.9. The molecule has 1 aliphatic heterocycles. The molecule has 2 aromatic rings. The minimum Gasteiger partial charge on any atom is -0.493 e. The van der Waals surface area contributed by atoms with E-state index < -0.39 is 11.7 Å². The number of alkyl halides is 3. The van der Waals surface area contributed by atoms with E-state index in [1.807, 2.05) is 0 Å². The number of carbonyl (C=O) groups is 1. The Morgan fingerprint density at radius 3 is 2.20 bits per heavy atom. The van der Waals surface area contributed by atoms with Crippen LogP contribution >= 0.6 is 0 Å². The lowest BCUT2D eigenvalue weighted by Gasteiger charge is -2.38. The van der Waals surface area contributed by atoms with E-state index in [0.717, 1.165) is 12.1 Å². The number of hydrogen-bond acceptors (Lipinski definition) is 6. The van der Waals surface area contributed by atoms with Crippen LogP contribution < -0.4 is 24.3 Å². The van der Waals surface area contributed by atoms with Gasteiger partial charge >= 0.3 is 12.2 Å². The third-order valence-corrected chi connectivity index (χ3v) is 4.40. The van der Waals surface area contributed by atoms with Gasteiger partial charge in [0, 0.05) is 24.4 Å². The highest BCUT2D eigenvalue weighted by Crippen LogP contribution is 2.40. The smallest absolute Gasteiger partial charge is 0.417 e. The van der Waals surface area contributed by atoms with Crippen molar-refractivity contribution in [1.82, 2.24) is 9.88 Å². The van der Waals surface area contributed by atoms with Gasteiger partial charge in [0.05, 0.1) is 45.7 Å². The normalized spacial score (nSPS) is 14.0. The van der Waals surface area contributed by atoms with E-state index in [0.29, 0.717) is 29.1 Å². The molecule has 30 heavy (non-hydrogen) atoms. The van der Waals surface area contributed by atoms with Gasteiger partial charge in [-0.3, -0.25) is 0 Å². The van der Waals surface area contributed by atoms with Crippen molar-refractivity contribution in [2.75, 3.05) is 39.7 Å². The molecule has 0 bridgehead atoms. The van der Waals surface area contributed by atoms with Gasteiger partial charge in [0.1, 0.15) is 6.10 Å². The number of likely N-dealkylation sites (tertiary alicyclic amines) is 1. The predicted octanol–water partition coefficient (Wildman–Crippen LogP) is 3.42. The van der Waals surface area contributed by atoms with Crippen molar-refractivity contribution in [2.24, 2.45) is 0 Å². The molecule has 1 aromatic heterocycles. The second-order valence-electron chi connectivity index (χ2n) is 6.37. The molecule has 1 aromatic carbocycles. The monoisotopic (exact) mass is 427 g/mol. The summed E-state index contributed by atoms with van der Waals surface area (Å²) in [5.74, 6) is 1.26. The number of aromatic nitrogens is 1. The number of pyridine rings is 1. The SMILES string of the molecule is COc1cc(NC(=O)N2CC(Oc3ccc(C(F)(F)F)cn3)C2)cc(OC)c1OC. The Hall–Kier alpha value is -3.37. The third kappa shape index (κ3) is 4.61. The molecular weight excluding hydrogens is 407 g/mol. The van der Waals surface area contributed by atoms with Gasteiger partial charge in [-0.2, -0.15) is 13.2 Å². The molecule has 1 saturated heterocycles. The van der Waals surface area contributed by atoms with Crippen LogP contribution in [-0.2, 0) is 6.18 Å². The van der Waals surface area contributed by atoms with Crippen molar-refractivity contribution in [3.8, 4) is 23.1 Å². The number of ether oxygens (including phenoxy) is 4. The number of halogens is 3. The first-order valence-corrected chi connectivity index (χ1v) is 8.81. The van der Waals surface area contributed by atoms with Crippen LogP contribution in [0.25, 0.3) is 0 Å². The Kier molecular flexibility index (Phi) is 6.09. The van der Waals surface area contributed by atoms with Gasteiger partial charge in [-0.25, -0.2) is 9.78 Å². The minimum atomic E-state index is -4.45. The highest BCUT2D eigenvalue weighted by Gasteiger charge is 2.34. The molecule has 0 saturated carbocycles. The molecule has 1 N–H and O–H groups in total. The van der Waals surface area contributed by atoms with E-state index in [1.54, 1.807) is 12.1 Å². The van der Waals surface area contributed by atoms with Crippen LogP contribution in [0.3, 0.4) is 0 Å². The fourth-order valence-electron chi connectivity index (χ4n) is 2.82. The molecule has 2 heterocycles. The molecule has 162 valence electrons. The number of hydrogen-bond donors (Lipinski definition) is 1. The fourth-order valence-corrected chi connectivity index (χ4v) is 2.82. The first kappa shape index (κ1) is 21.3. The number of carbonyl (C=O) groups excluding carboxylic acids is 1. The zero-order valence-electron chi connectivity index (χ0n) is 16.4. The van der Waals surface area contributed by atoms with Gasteiger partial charge < -0.3 is 29.2 Å². The lowest BCUT2D eigenvalue weighted by Crippen LogP contribution is -2.57. The predicted molar refractivity (Wildman–Crippen MR) is 100 cm³/mol. The number of nitrogens with zero attached hydrogens (tertiary/aromatic N) is 2. The second kappa shape index (κ2) is 8.56. The van der Waals surface area contributed by atoms with Crippen LogP contribution in [0.15, 0.2) is 30.5 Å². The summed E-state index contributed by atoms with van der Waals surface area (Å²) in [5, 5.41) is 2.73. The van der Waals surface area contributed by atoms with E-state index in [4.69, 9.17) is 18.9 Å². The highest BCUT2D eigenvalue weighted by atomic mass is 19.4. The molecule has 1 aliphatic rings. The maximum Gasteiger partial charge on any atom is 0.417 e. The van der Waals surface area contributed by atoms with Gasteiger partial charge in [-0.15, -0.1) is 0 Å². The van der Waals surface area contributed by atoms with Crippen molar-refractivity contribution in [3.05, 3.63) is 36.0 Å². The lowest BCUT2D eigenvalue weighted by molar-refractivity contribution is -0.137. The summed E-state index contributed by atoms with van der Waals surface area (Å²) in [7, 11) is 4.41. The van der Waals surface area contributed by atoms with Crippen LogP contribution in [0.5, 0.6) is 23.1 Å². The van der Waals surface area contributed by atoms with Gasteiger partial charge in [0.25, 0.3) is 0 Å². The van der Waals surface area contributed by atoms with Gasteiger partial charge in [0.2, 0.25) is 11.6 Å². The van der Waals surface area contributed by atoms with Crippen molar-refractivity contribution >= 4 is 11.7 Å². The molecule has 0 unspecified atom stereocenters. The number of benzene rings is 1. The topological polar surface area (TPSA) is 82.2 Å². The zero-order chi connectivity index (χ0) is 21.9. The fraction of sp³-hybridized carbons (Fsp3) is 0.368. The van der Waals surface area contributed by atoms with Crippen molar-refractivity contribution in [1.29, 1.82) is 0 Å². The molecule has 3 rings (SSSR count). The van der Waals surface area contributed by atoms with Crippen LogP contribution in [0, 0.1) is 0 Å². The molecular formula is C19H20F3N3O5. The molecule has 0 atom stereocenters. The highest BCUT2D eigenvalue weighted by molar-refractivity contribution is 5.90. The molecule has 1 fully saturated rings. The van der Waals surface area contributed by atoms with Gasteiger partial charge in [0.15, 0.2) is 11.5 Å². The van der Waals surface area contributed by atoms with E-state index in [2.05, 4.69) is 10.3 Å². The van der Waals surface area contributed by atoms with Crippen LogP contribution in [0.4, 0.5) is 23.7 Å². The first-order chi connectivity index (χ1) is 14.2. The van der Waals surface area contributed by atoms with Crippen LogP contribution in [-0.4, -0.2) is 56.4 Å². The third-order valence-electron chi connectivity index (χ3n) is 4.40. The Morgan fingerprint density at radius 1 is 1.10 bits per heavy atom. The summed E-state index contributed by atoms with van der Waals surface area (Å²) in [6, 6.07) is 4.87. The van der Waals surface area contributed by atoms with Crippen molar-refractivity contribution < 1.29 is 36.9 Å². The zero-order valence-corrected chi connectivity index (χ0v) is 16.4. The molecule has 0 spiro atoms. The maximum atomic E-state index is 12.6. The molecule has 0 radical (unpaired) electrons. The average molecular weight is 427 g/mol. The summed E-state index contributed by atoms with van der Waals surface area (Å²) in [4.78, 5) is 17.5. The standard InChI is InChI=1S/C19H20F3N3O5/c1-27-14-6-12(7-15(28-2)17(14)29-3)24-18(26)25-9-13(10-25)30-16-5-4-11(8-23-16)19(20,21)22/h4-8,13H,9-10H2,1-3H3,(H,24,26). The molecule has 11 heteroatoms. The van der Waals surface area contributed by atoms with E-state index in [-0.39, 0.29) is 31.1 Å². The quantitative estimate of drug-likeness (QED) is 0.761. The Bertz CT molecular complexity index is 874. The van der Waals surface area contributed by atoms with Gasteiger partial charge in [-0.05, 0) is 6.07 Å². The Balaban J connectivity index is 1.55. The largest absolute Gasteiger partial charge is 0.493 e. The number of methoxy groups -OCH3 is 3. The van der Waals surface area contributed by atoms with Crippen LogP contribution in [0.1, 0.15) is 5.56 Å². The van der Waals surface area contributed by atoms with E-state index >= 15 is 0 Å². The maximum absolute atomic E-state index is 12.6.